The third-order valence-corrected chi connectivity index (χ3v) is 6.86. The summed E-state index contributed by atoms with van der Waals surface area (Å²) in [6.07, 6.45) is 1.94. The molecule has 8 heteroatoms. The van der Waals surface area contributed by atoms with Gasteiger partial charge in [0.1, 0.15) is 5.72 Å². The smallest absolute Gasteiger partial charge is 0.304 e. The van der Waals surface area contributed by atoms with E-state index in [9.17, 15) is 14.7 Å². The molecule has 2 heterocycles. The zero-order valence-electron chi connectivity index (χ0n) is 19.2. The number of rotatable bonds is 6. The summed E-state index contributed by atoms with van der Waals surface area (Å²) >= 11 is 0. The summed E-state index contributed by atoms with van der Waals surface area (Å²) in [4.78, 5) is 26.5. The van der Waals surface area contributed by atoms with Gasteiger partial charge in [-0.1, -0.05) is 13.8 Å². The molecule has 4 rings (SSSR count). The van der Waals surface area contributed by atoms with E-state index in [4.69, 9.17) is 14.6 Å². The second kappa shape index (κ2) is 8.08. The normalized spacial score (nSPS) is 26.2. The fourth-order valence-electron chi connectivity index (χ4n) is 5.49. The van der Waals surface area contributed by atoms with E-state index in [1.807, 2.05) is 12.1 Å². The summed E-state index contributed by atoms with van der Waals surface area (Å²) in [6.45, 7) is 4.95. The topological polar surface area (TPSA) is 108 Å². The van der Waals surface area contributed by atoms with E-state index in [-0.39, 0.29) is 36.6 Å². The van der Waals surface area contributed by atoms with Gasteiger partial charge in [-0.3, -0.25) is 14.9 Å². The number of nitrogens with zero attached hydrogens (tertiary/aromatic N) is 1. The number of carboxylic acid groups (broad SMARTS) is 1. The second-order valence-corrected chi connectivity index (χ2v) is 9.76. The number of hydrogen-bond acceptors (Lipinski definition) is 7. The fraction of sp³-hybridized carbons (Fsp3) is 0.583. The first-order valence-corrected chi connectivity index (χ1v) is 11.1. The van der Waals surface area contributed by atoms with Crippen LogP contribution in [0.15, 0.2) is 23.4 Å². The predicted molar refractivity (Wildman–Crippen MR) is 118 cm³/mol. The molecule has 174 valence electrons. The first kappa shape index (κ1) is 22.6. The van der Waals surface area contributed by atoms with Crippen LogP contribution in [0.4, 0.5) is 0 Å². The summed E-state index contributed by atoms with van der Waals surface area (Å²) in [7, 11) is 3.20. The van der Waals surface area contributed by atoms with Gasteiger partial charge in [0, 0.05) is 31.6 Å². The third kappa shape index (κ3) is 3.86. The first-order valence-electron chi connectivity index (χ1n) is 11.1. The van der Waals surface area contributed by atoms with Crippen molar-refractivity contribution in [3.05, 3.63) is 34.5 Å². The van der Waals surface area contributed by atoms with Crippen molar-refractivity contribution >= 4 is 11.8 Å². The molecule has 0 saturated heterocycles. The van der Waals surface area contributed by atoms with Gasteiger partial charge in [0.25, 0.3) is 0 Å². The van der Waals surface area contributed by atoms with Gasteiger partial charge in [0.15, 0.2) is 17.3 Å². The van der Waals surface area contributed by atoms with Crippen molar-refractivity contribution in [1.82, 2.24) is 10.2 Å². The fourth-order valence-corrected chi connectivity index (χ4v) is 5.49. The Morgan fingerprint density at radius 3 is 2.56 bits per heavy atom. The number of aliphatic carboxylic acids is 1. The van der Waals surface area contributed by atoms with Crippen LogP contribution in [0, 0.1) is 5.41 Å². The van der Waals surface area contributed by atoms with Gasteiger partial charge in [0.2, 0.25) is 0 Å². The summed E-state index contributed by atoms with van der Waals surface area (Å²) in [5.41, 5.74) is 1.64. The van der Waals surface area contributed by atoms with Crippen LogP contribution in [0.3, 0.4) is 0 Å². The molecular weight excluding hydrogens is 412 g/mol. The number of carbonyl (C=O) groups excluding carboxylic acids is 1. The average Bonchev–Trinajstić information content (AvgIpc) is 2.70. The number of nitrogens with one attached hydrogen (secondary N) is 1. The molecule has 32 heavy (non-hydrogen) atoms. The Morgan fingerprint density at radius 2 is 1.91 bits per heavy atom. The SMILES string of the molecule is COc1cc2c(cc1OC)C1CC(O)(NCCC(=O)O)C3=C(CC(C)(C)CC3=O)N1CC2. The van der Waals surface area contributed by atoms with Crippen LogP contribution < -0.4 is 14.8 Å². The Bertz CT molecular complexity index is 985. The van der Waals surface area contributed by atoms with Crippen molar-refractivity contribution < 1.29 is 29.3 Å². The number of aliphatic hydroxyl groups is 1. The van der Waals surface area contributed by atoms with Crippen molar-refractivity contribution in [3.8, 4) is 11.5 Å². The van der Waals surface area contributed by atoms with E-state index in [0.29, 0.717) is 29.9 Å². The van der Waals surface area contributed by atoms with E-state index < -0.39 is 11.7 Å². The molecule has 0 aromatic heterocycles. The highest BCUT2D eigenvalue weighted by Crippen LogP contribution is 2.52. The summed E-state index contributed by atoms with van der Waals surface area (Å²) in [5.74, 6) is 0.261. The third-order valence-electron chi connectivity index (χ3n) is 6.86. The highest BCUT2D eigenvalue weighted by molar-refractivity contribution is 5.99. The van der Waals surface area contributed by atoms with Crippen molar-refractivity contribution in [1.29, 1.82) is 0 Å². The quantitative estimate of drug-likeness (QED) is 0.574. The molecule has 0 fully saturated rings. The molecule has 1 aromatic carbocycles. The molecule has 2 atom stereocenters. The van der Waals surface area contributed by atoms with Gasteiger partial charge in [0.05, 0.1) is 32.3 Å². The van der Waals surface area contributed by atoms with E-state index in [0.717, 1.165) is 29.8 Å². The number of carboxylic acids is 1. The maximum atomic E-state index is 13.2. The molecule has 2 aliphatic heterocycles. The Morgan fingerprint density at radius 1 is 1.22 bits per heavy atom. The molecule has 0 saturated carbocycles. The van der Waals surface area contributed by atoms with Crippen LogP contribution in [0.25, 0.3) is 0 Å². The number of fused-ring (bicyclic) bond motifs is 4. The zero-order chi connectivity index (χ0) is 23.3. The van der Waals surface area contributed by atoms with E-state index in [1.165, 1.54) is 0 Å². The number of ketones is 1. The van der Waals surface area contributed by atoms with Gasteiger partial charge in [-0.25, -0.2) is 0 Å². The number of carbonyl (C=O) groups is 2. The van der Waals surface area contributed by atoms with Gasteiger partial charge in [-0.15, -0.1) is 0 Å². The first-order chi connectivity index (χ1) is 15.1. The zero-order valence-corrected chi connectivity index (χ0v) is 19.2. The standard InChI is InChI=1S/C24H32N2O6/c1-23(2)11-17-22(18(27)13-23)24(30,25-7-5-21(28)29)12-16-15-10-20(32-4)19(31-3)9-14(15)6-8-26(16)17/h9-10,16,25,30H,5-8,11-13H2,1-4H3,(H,28,29). The molecule has 0 radical (unpaired) electrons. The van der Waals surface area contributed by atoms with Crippen LogP contribution in [0.1, 0.15) is 56.7 Å². The Hall–Kier alpha value is -2.58. The van der Waals surface area contributed by atoms with Gasteiger partial charge < -0.3 is 24.6 Å². The summed E-state index contributed by atoms with van der Waals surface area (Å²) in [5, 5.41) is 23.8. The summed E-state index contributed by atoms with van der Waals surface area (Å²) in [6, 6.07) is 3.79. The van der Waals surface area contributed by atoms with E-state index >= 15 is 0 Å². The van der Waals surface area contributed by atoms with Gasteiger partial charge >= 0.3 is 5.97 Å². The molecule has 2 unspecified atom stereocenters. The van der Waals surface area contributed by atoms with Crippen LogP contribution in [0.5, 0.6) is 11.5 Å². The number of hydrogen-bond donors (Lipinski definition) is 3. The number of Topliss-reactive ketones (excluding diaryl/α,β-unsaturated/α-hetero) is 1. The van der Waals surface area contributed by atoms with Gasteiger partial charge in [-0.05, 0) is 41.5 Å². The van der Waals surface area contributed by atoms with Crippen LogP contribution >= 0.6 is 0 Å². The minimum absolute atomic E-state index is 0.0712. The molecule has 3 aliphatic rings. The minimum Gasteiger partial charge on any atom is -0.493 e. The lowest BCUT2D eigenvalue weighted by Crippen LogP contribution is -2.59. The van der Waals surface area contributed by atoms with E-state index in [2.05, 4.69) is 24.1 Å². The van der Waals surface area contributed by atoms with Crippen LogP contribution in [0.2, 0.25) is 0 Å². The number of ether oxygens (including phenoxy) is 2. The molecule has 3 N–H and O–H groups in total. The predicted octanol–water partition coefficient (Wildman–Crippen LogP) is 2.40. The average molecular weight is 445 g/mol. The number of allylic oxidation sites excluding steroid dienone is 1. The lowest BCUT2D eigenvalue weighted by atomic mass is 9.68. The molecule has 0 bridgehead atoms. The van der Waals surface area contributed by atoms with Crippen molar-refractivity contribution in [2.45, 2.75) is 57.7 Å². The summed E-state index contributed by atoms with van der Waals surface area (Å²) < 4.78 is 11.0. The monoisotopic (exact) mass is 444 g/mol. The molecular formula is C24H32N2O6. The maximum Gasteiger partial charge on any atom is 0.304 e. The molecule has 0 spiro atoms. The second-order valence-electron chi connectivity index (χ2n) is 9.76. The number of benzene rings is 1. The lowest BCUT2D eigenvalue weighted by molar-refractivity contribution is -0.137. The van der Waals surface area contributed by atoms with E-state index in [1.54, 1.807) is 14.2 Å². The minimum atomic E-state index is -1.58. The van der Waals surface area contributed by atoms with Crippen molar-refractivity contribution in [2.75, 3.05) is 27.3 Å². The lowest BCUT2D eigenvalue weighted by Gasteiger charge is -2.53. The van der Waals surface area contributed by atoms with Crippen molar-refractivity contribution in [3.63, 3.8) is 0 Å². The highest BCUT2D eigenvalue weighted by Gasteiger charge is 2.51. The molecule has 1 aromatic rings. The van der Waals surface area contributed by atoms with Crippen molar-refractivity contribution in [2.24, 2.45) is 5.41 Å². The largest absolute Gasteiger partial charge is 0.493 e. The molecule has 0 amide bonds. The Balaban J connectivity index is 1.81. The Labute approximate surface area is 188 Å². The maximum absolute atomic E-state index is 13.2. The highest BCUT2D eigenvalue weighted by atomic mass is 16.5. The van der Waals surface area contributed by atoms with Crippen LogP contribution in [-0.2, 0) is 16.0 Å². The number of methoxy groups -OCH3 is 2. The molecule has 1 aliphatic carbocycles. The Kier molecular flexibility index (Phi) is 5.71. The molecule has 8 nitrogen and oxygen atoms in total. The van der Waals surface area contributed by atoms with Gasteiger partial charge in [-0.2, -0.15) is 0 Å². The van der Waals surface area contributed by atoms with Crippen LogP contribution in [-0.4, -0.2) is 59.9 Å².